The van der Waals surface area contributed by atoms with Gasteiger partial charge in [0.05, 0.1) is 6.61 Å². The Morgan fingerprint density at radius 3 is 1.32 bits per heavy atom. The van der Waals surface area contributed by atoms with Gasteiger partial charge in [-0.25, -0.2) is 0 Å². The van der Waals surface area contributed by atoms with Gasteiger partial charge in [0.25, 0.3) is 10.1 Å². The van der Waals surface area contributed by atoms with E-state index in [-0.39, 0.29) is 19.4 Å². The number of carbonyl (C=O) groups excluding carboxylic acids is 2. The van der Waals surface area contributed by atoms with Gasteiger partial charge >= 0.3 is 11.9 Å². The van der Waals surface area contributed by atoms with Crippen molar-refractivity contribution in [3.63, 3.8) is 0 Å². The summed E-state index contributed by atoms with van der Waals surface area (Å²) < 4.78 is 54.2. The van der Waals surface area contributed by atoms with Crippen LogP contribution in [-0.2, 0) is 38.7 Å². The van der Waals surface area contributed by atoms with Crippen molar-refractivity contribution < 1.29 is 56.8 Å². The molecule has 0 radical (unpaired) electrons. The van der Waals surface area contributed by atoms with Crippen LogP contribution in [0.2, 0.25) is 0 Å². The fourth-order valence-electron chi connectivity index (χ4n) is 8.32. The molecule has 0 aromatic carbocycles. The fourth-order valence-corrected chi connectivity index (χ4v) is 9.02. The van der Waals surface area contributed by atoms with Crippen molar-refractivity contribution in [3.05, 3.63) is 24.3 Å². The Labute approximate surface area is 402 Å². The molecule has 1 saturated heterocycles. The van der Waals surface area contributed by atoms with Crippen LogP contribution >= 0.6 is 0 Å². The van der Waals surface area contributed by atoms with Crippen molar-refractivity contribution >= 4 is 22.1 Å². The molecule has 1 aliphatic heterocycles. The first-order chi connectivity index (χ1) is 32.0. The van der Waals surface area contributed by atoms with Crippen LogP contribution in [0.25, 0.3) is 0 Å². The van der Waals surface area contributed by atoms with E-state index in [0.29, 0.717) is 12.8 Å². The van der Waals surface area contributed by atoms with Crippen LogP contribution in [-0.4, -0.2) is 96.0 Å². The second-order valence-corrected chi connectivity index (χ2v) is 20.4. The maximum Gasteiger partial charge on any atom is 0.306 e. The van der Waals surface area contributed by atoms with Gasteiger partial charge in [0.2, 0.25) is 0 Å². The molecule has 1 heterocycles. The lowest BCUT2D eigenvalue weighted by Crippen LogP contribution is -2.60. The summed E-state index contributed by atoms with van der Waals surface area (Å²) in [6.07, 6.45) is 40.9. The summed E-state index contributed by atoms with van der Waals surface area (Å²) in [6.45, 7) is 3.76. The third-order valence-corrected chi connectivity index (χ3v) is 13.3. The molecule has 66 heavy (non-hydrogen) atoms. The van der Waals surface area contributed by atoms with Crippen molar-refractivity contribution in [1.29, 1.82) is 0 Å². The highest BCUT2D eigenvalue weighted by Gasteiger charge is 2.46. The van der Waals surface area contributed by atoms with Crippen LogP contribution in [0.1, 0.15) is 245 Å². The van der Waals surface area contributed by atoms with Gasteiger partial charge in [-0.05, 0) is 57.8 Å². The molecular formula is C53H98O12S. The molecule has 0 amide bonds. The van der Waals surface area contributed by atoms with Gasteiger partial charge < -0.3 is 34.3 Å². The SMILES string of the molecule is CCCCCC/C=C/CCCCCCCCCC(=O)O[C@H](COC(=O)CCC/C=C/CCCCCCCCCCCCCCCCCCCC)CO[C@H]1O[C@H](CS(=O)(=O)O)[C@@H](O)C(O)C1O. The van der Waals surface area contributed by atoms with Crippen LogP contribution in [0.15, 0.2) is 24.3 Å². The highest BCUT2D eigenvalue weighted by atomic mass is 32.2. The molecule has 1 fully saturated rings. The molecule has 1 aliphatic rings. The number of allylic oxidation sites excluding steroid dienone is 4. The number of hydrogen-bond donors (Lipinski definition) is 4. The molecule has 12 nitrogen and oxygen atoms in total. The topological polar surface area (TPSA) is 186 Å². The van der Waals surface area contributed by atoms with E-state index in [1.807, 2.05) is 0 Å². The van der Waals surface area contributed by atoms with E-state index < -0.39 is 71.2 Å². The van der Waals surface area contributed by atoms with Gasteiger partial charge in [0, 0.05) is 12.8 Å². The van der Waals surface area contributed by atoms with Crippen molar-refractivity contribution in [1.82, 2.24) is 0 Å². The lowest BCUT2D eigenvalue weighted by atomic mass is 10.00. The van der Waals surface area contributed by atoms with Gasteiger partial charge in [-0.1, -0.05) is 199 Å². The quantitative estimate of drug-likeness (QED) is 0.0196. The smallest absolute Gasteiger partial charge is 0.306 e. The normalized spacial score (nSPS) is 19.5. The summed E-state index contributed by atoms with van der Waals surface area (Å²) in [6, 6.07) is 0. The molecule has 6 atom stereocenters. The number of aliphatic hydroxyl groups excluding tert-OH is 3. The highest BCUT2D eigenvalue weighted by molar-refractivity contribution is 7.85. The lowest BCUT2D eigenvalue weighted by molar-refractivity contribution is -0.297. The predicted molar refractivity (Wildman–Crippen MR) is 266 cm³/mol. The lowest BCUT2D eigenvalue weighted by Gasteiger charge is -2.40. The molecular weight excluding hydrogens is 861 g/mol. The molecule has 2 unspecified atom stereocenters. The Bertz CT molecular complexity index is 1310. The Morgan fingerprint density at radius 2 is 0.879 bits per heavy atom. The summed E-state index contributed by atoms with van der Waals surface area (Å²) in [5.41, 5.74) is 0. The van der Waals surface area contributed by atoms with E-state index in [1.54, 1.807) is 0 Å². The van der Waals surface area contributed by atoms with Gasteiger partial charge in [-0.3, -0.25) is 14.1 Å². The Balaban J connectivity index is 2.33. The van der Waals surface area contributed by atoms with E-state index in [4.69, 9.17) is 18.9 Å². The van der Waals surface area contributed by atoms with Crippen LogP contribution < -0.4 is 0 Å². The molecule has 0 aliphatic carbocycles. The molecule has 1 rings (SSSR count). The molecule has 388 valence electrons. The zero-order valence-corrected chi connectivity index (χ0v) is 42.6. The summed E-state index contributed by atoms with van der Waals surface area (Å²) in [7, 11) is -4.61. The van der Waals surface area contributed by atoms with E-state index in [0.717, 1.165) is 44.9 Å². The summed E-state index contributed by atoms with van der Waals surface area (Å²) in [4.78, 5) is 25.5. The second-order valence-electron chi connectivity index (χ2n) is 18.9. The van der Waals surface area contributed by atoms with Crippen molar-refractivity contribution in [2.45, 2.75) is 282 Å². The van der Waals surface area contributed by atoms with Crippen LogP contribution in [0.5, 0.6) is 0 Å². The first-order valence-electron chi connectivity index (χ1n) is 26.9. The van der Waals surface area contributed by atoms with Crippen LogP contribution in [0, 0.1) is 0 Å². The summed E-state index contributed by atoms with van der Waals surface area (Å²) >= 11 is 0. The average molecular weight is 959 g/mol. The maximum atomic E-state index is 12.9. The van der Waals surface area contributed by atoms with Gasteiger partial charge in [-0.15, -0.1) is 0 Å². The minimum Gasteiger partial charge on any atom is -0.462 e. The molecule has 13 heteroatoms. The number of hydrogen-bond acceptors (Lipinski definition) is 11. The monoisotopic (exact) mass is 959 g/mol. The van der Waals surface area contributed by atoms with Gasteiger partial charge in [-0.2, -0.15) is 8.42 Å². The second kappa shape index (κ2) is 43.2. The average Bonchev–Trinajstić information content (AvgIpc) is 3.28. The molecule has 0 saturated carbocycles. The number of carbonyl (C=O) groups is 2. The Kier molecular flexibility index (Phi) is 40.7. The Hall–Kier alpha value is -1.87. The molecule has 0 bridgehead atoms. The third kappa shape index (κ3) is 37.1. The van der Waals surface area contributed by atoms with Crippen LogP contribution in [0.4, 0.5) is 0 Å². The van der Waals surface area contributed by atoms with Crippen molar-refractivity contribution in [2.75, 3.05) is 19.0 Å². The molecule has 0 aromatic rings. The van der Waals surface area contributed by atoms with Gasteiger partial charge in [0.15, 0.2) is 12.4 Å². The molecule has 4 N–H and O–H groups in total. The number of rotatable bonds is 46. The maximum absolute atomic E-state index is 12.9. The number of aliphatic hydroxyl groups is 3. The first-order valence-corrected chi connectivity index (χ1v) is 28.5. The van der Waals surface area contributed by atoms with Gasteiger partial charge in [0.1, 0.15) is 36.8 Å². The predicted octanol–water partition coefficient (Wildman–Crippen LogP) is 12.3. The molecule has 0 spiro atoms. The van der Waals surface area contributed by atoms with E-state index in [1.165, 1.54) is 161 Å². The standard InChI is InChI=1S/C53H98O12S/c1-3-5-7-9-11-13-15-17-19-20-21-22-23-24-25-26-28-29-31-33-35-37-39-41-48(54)62-43-46(44-63-53-52(58)51(57)50(56)47(65-53)45-66(59,60)61)64-49(55)42-40-38-36-34-32-30-27-18-16-14-12-10-8-6-4-2/h14,16,33,35,46-47,50-53,56-58H,3-13,15,17-32,34,36-45H2,1-2H3,(H,59,60,61)/b16-14+,35-33+/t46-,47-,50-,51?,52?,53+/m1/s1. The van der Waals surface area contributed by atoms with E-state index >= 15 is 0 Å². The minimum absolute atomic E-state index is 0.156. The zero-order valence-electron chi connectivity index (χ0n) is 41.8. The number of ether oxygens (including phenoxy) is 4. The largest absolute Gasteiger partial charge is 0.462 e. The summed E-state index contributed by atoms with van der Waals surface area (Å²) in [5, 5.41) is 31.0. The molecule has 0 aromatic heterocycles. The van der Waals surface area contributed by atoms with Crippen molar-refractivity contribution in [2.24, 2.45) is 0 Å². The van der Waals surface area contributed by atoms with E-state index in [2.05, 4.69) is 38.2 Å². The van der Waals surface area contributed by atoms with E-state index in [9.17, 15) is 37.9 Å². The zero-order chi connectivity index (χ0) is 48.4. The first kappa shape index (κ1) is 62.1. The minimum atomic E-state index is -4.61. The highest BCUT2D eigenvalue weighted by Crippen LogP contribution is 2.24. The summed E-state index contributed by atoms with van der Waals surface area (Å²) in [5.74, 6) is -2.02. The fraction of sp³-hybridized carbons (Fsp3) is 0.887. The third-order valence-electron chi connectivity index (χ3n) is 12.5. The van der Waals surface area contributed by atoms with Crippen LogP contribution in [0.3, 0.4) is 0 Å². The number of esters is 2. The Morgan fingerprint density at radius 1 is 0.500 bits per heavy atom. The van der Waals surface area contributed by atoms with Crippen molar-refractivity contribution in [3.8, 4) is 0 Å². The number of unbranched alkanes of at least 4 members (excludes halogenated alkanes) is 30.